The molecule has 2 aromatic rings. The second kappa shape index (κ2) is 5.58. The number of sulfonamides is 1. The van der Waals surface area contributed by atoms with Crippen molar-refractivity contribution in [1.82, 2.24) is 15.2 Å². The van der Waals surface area contributed by atoms with Crippen molar-refractivity contribution in [2.75, 3.05) is 11.8 Å². The van der Waals surface area contributed by atoms with Gasteiger partial charge in [0.1, 0.15) is 16.8 Å². The van der Waals surface area contributed by atoms with Crippen LogP contribution in [0.3, 0.4) is 0 Å². The highest BCUT2D eigenvalue weighted by atomic mass is 35.5. The van der Waals surface area contributed by atoms with Gasteiger partial charge in [0, 0.05) is 5.02 Å². The van der Waals surface area contributed by atoms with Gasteiger partial charge in [-0.05, 0) is 12.1 Å². The third-order valence-corrected chi connectivity index (χ3v) is 3.95. The molecule has 1 aromatic heterocycles. The van der Waals surface area contributed by atoms with Gasteiger partial charge < -0.3 is 9.84 Å². The largest absolute Gasteiger partial charge is 0.494 e. The molecular formula is C10H9ClN4O5S. The van der Waals surface area contributed by atoms with Crippen LogP contribution in [-0.4, -0.2) is 41.8 Å². The number of aromatic carboxylic acids is 1. The molecule has 112 valence electrons. The van der Waals surface area contributed by atoms with E-state index >= 15 is 0 Å². The van der Waals surface area contributed by atoms with Gasteiger partial charge in [-0.2, -0.15) is 10.1 Å². The van der Waals surface area contributed by atoms with E-state index in [1.807, 2.05) is 0 Å². The molecule has 0 fully saturated rings. The summed E-state index contributed by atoms with van der Waals surface area (Å²) in [6.45, 7) is 0. The van der Waals surface area contributed by atoms with Crippen LogP contribution in [-0.2, 0) is 10.0 Å². The average molecular weight is 333 g/mol. The normalized spacial score (nSPS) is 11.1. The molecule has 0 atom stereocenters. The number of H-pyrrole nitrogens is 1. The number of nitrogens with zero attached hydrogens (tertiary/aromatic N) is 2. The predicted molar refractivity (Wildman–Crippen MR) is 72.2 cm³/mol. The fraction of sp³-hybridized carbons (Fsp3) is 0.100. The van der Waals surface area contributed by atoms with Gasteiger partial charge in [0.15, 0.2) is 5.75 Å². The number of carbonyl (C=O) groups is 1. The summed E-state index contributed by atoms with van der Waals surface area (Å²) in [6, 6.07) is 2.17. The van der Waals surface area contributed by atoms with Crippen molar-refractivity contribution in [1.29, 1.82) is 0 Å². The molecule has 11 heteroatoms. The Morgan fingerprint density at radius 1 is 1.48 bits per heavy atom. The SMILES string of the molecule is COc1c(C(=O)O)cc(Cl)cc1S(=O)(=O)Nc1ncn[nH]1. The minimum Gasteiger partial charge on any atom is -0.494 e. The maximum absolute atomic E-state index is 12.3. The summed E-state index contributed by atoms with van der Waals surface area (Å²) in [7, 11) is -3.01. The number of hydrogen-bond donors (Lipinski definition) is 3. The van der Waals surface area contributed by atoms with Crippen molar-refractivity contribution in [3.05, 3.63) is 29.0 Å². The highest BCUT2D eigenvalue weighted by Gasteiger charge is 2.26. The van der Waals surface area contributed by atoms with Crippen molar-refractivity contribution in [3.63, 3.8) is 0 Å². The Hall–Kier alpha value is -2.33. The number of carboxylic acids is 1. The van der Waals surface area contributed by atoms with Crippen LogP contribution in [0.2, 0.25) is 5.02 Å². The molecule has 3 N–H and O–H groups in total. The monoisotopic (exact) mass is 332 g/mol. The number of methoxy groups -OCH3 is 1. The second-order valence-electron chi connectivity index (χ2n) is 3.73. The summed E-state index contributed by atoms with van der Waals surface area (Å²) < 4.78 is 31.5. The molecule has 9 nitrogen and oxygen atoms in total. The fourth-order valence-electron chi connectivity index (χ4n) is 1.57. The van der Waals surface area contributed by atoms with Crippen LogP contribution < -0.4 is 9.46 Å². The molecule has 0 amide bonds. The zero-order chi connectivity index (χ0) is 15.6. The molecule has 0 radical (unpaired) electrons. The molecule has 0 aliphatic carbocycles. The van der Waals surface area contributed by atoms with Gasteiger partial charge in [0.25, 0.3) is 10.0 Å². The van der Waals surface area contributed by atoms with E-state index in [4.69, 9.17) is 21.4 Å². The van der Waals surface area contributed by atoms with Gasteiger partial charge in [0.05, 0.1) is 7.11 Å². The summed E-state index contributed by atoms with van der Waals surface area (Å²) in [4.78, 5) is 14.3. The molecule has 2 rings (SSSR count). The lowest BCUT2D eigenvalue weighted by Crippen LogP contribution is -2.16. The van der Waals surface area contributed by atoms with E-state index in [1.165, 1.54) is 0 Å². The number of aromatic amines is 1. The first kappa shape index (κ1) is 15.1. The molecule has 1 heterocycles. The smallest absolute Gasteiger partial charge is 0.339 e. The number of anilines is 1. The Labute approximate surface area is 124 Å². The minimum atomic E-state index is -4.16. The zero-order valence-electron chi connectivity index (χ0n) is 10.5. The van der Waals surface area contributed by atoms with Crippen molar-refractivity contribution in [2.45, 2.75) is 4.90 Å². The standard InChI is InChI=1S/C10H9ClN4O5S/c1-20-8-6(9(16)17)2-5(11)3-7(8)21(18,19)15-10-12-4-13-14-10/h2-4H,1H3,(H,16,17)(H2,12,13,14,15). The van der Waals surface area contributed by atoms with Gasteiger partial charge in [-0.15, -0.1) is 0 Å². The van der Waals surface area contributed by atoms with E-state index in [1.54, 1.807) is 0 Å². The highest BCUT2D eigenvalue weighted by molar-refractivity contribution is 7.92. The molecule has 0 aliphatic heterocycles. The van der Waals surface area contributed by atoms with Crippen molar-refractivity contribution in [3.8, 4) is 5.75 Å². The van der Waals surface area contributed by atoms with E-state index in [0.29, 0.717) is 0 Å². The van der Waals surface area contributed by atoms with Gasteiger partial charge in [-0.3, -0.25) is 0 Å². The molecule has 1 aromatic carbocycles. The van der Waals surface area contributed by atoms with E-state index in [9.17, 15) is 13.2 Å². The van der Waals surface area contributed by atoms with Gasteiger partial charge in [0.2, 0.25) is 5.95 Å². The lowest BCUT2D eigenvalue weighted by molar-refractivity contribution is 0.0693. The summed E-state index contributed by atoms with van der Waals surface area (Å²) in [5.74, 6) is -1.83. The molecule has 0 unspecified atom stereocenters. The van der Waals surface area contributed by atoms with Gasteiger partial charge in [-0.25, -0.2) is 23.0 Å². The Bertz CT molecular complexity index is 775. The van der Waals surface area contributed by atoms with Crippen LogP contribution in [0, 0.1) is 0 Å². The average Bonchev–Trinajstić information content (AvgIpc) is 2.89. The van der Waals surface area contributed by atoms with Gasteiger partial charge >= 0.3 is 5.97 Å². The van der Waals surface area contributed by atoms with Crippen LogP contribution in [0.5, 0.6) is 5.75 Å². The summed E-state index contributed by atoms with van der Waals surface area (Å²) >= 11 is 5.76. The molecule has 0 saturated carbocycles. The van der Waals surface area contributed by atoms with Crippen molar-refractivity contribution >= 4 is 33.5 Å². The van der Waals surface area contributed by atoms with Crippen LogP contribution in [0.1, 0.15) is 10.4 Å². The highest BCUT2D eigenvalue weighted by Crippen LogP contribution is 2.32. The minimum absolute atomic E-state index is 0.0638. The maximum atomic E-state index is 12.3. The first-order valence-electron chi connectivity index (χ1n) is 5.34. The quantitative estimate of drug-likeness (QED) is 0.742. The Kier molecular flexibility index (Phi) is 4.00. The third-order valence-electron chi connectivity index (χ3n) is 2.39. The Morgan fingerprint density at radius 3 is 2.71 bits per heavy atom. The zero-order valence-corrected chi connectivity index (χ0v) is 12.1. The number of benzene rings is 1. The molecule has 0 bridgehead atoms. The number of nitrogens with one attached hydrogen (secondary N) is 2. The van der Waals surface area contributed by atoms with E-state index in [-0.39, 0.29) is 22.3 Å². The Morgan fingerprint density at radius 2 is 2.19 bits per heavy atom. The van der Waals surface area contributed by atoms with Crippen LogP contribution in [0.15, 0.2) is 23.4 Å². The van der Waals surface area contributed by atoms with Crippen LogP contribution in [0.25, 0.3) is 0 Å². The molecule has 0 saturated heterocycles. The number of rotatable bonds is 5. The lowest BCUT2D eigenvalue weighted by Gasteiger charge is -2.12. The first-order valence-corrected chi connectivity index (χ1v) is 7.20. The van der Waals surface area contributed by atoms with Crippen molar-refractivity contribution in [2.24, 2.45) is 0 Å². The summed E-state index contributed by atoms with van der Waals surface area (Å²) in [5.41, 5.74) is -0.372. The molecule has 0 aliphatic rings. The van der Waals surface area contributed by atoms with E-state index < -0.39 is 20.9 Å². The van der Waals surface area contributed by atoms with Crippen LogP contribution >= 0.6 is 11.6 Å². The molecular weight excluding hydrogens is 324 g/mol. The summed E-state index contributed by atoms with van der Waals surface area (Å²) in [6.07, 6.45) is 1.11. The topological polar surface area (TPSA) is 134 Å². The molecule has 0 spiro atoms. The first-order chi connectivity index (χ1) is 9.85. The number of ether oxygens (including phenoxy) is 1. The predicted octanol–water partition coefficient (Wildman–Crippen LogP) is 0.966. The van der Waals surface area contributed by atoms with E-state index in [2.05, 4.69) is 19.9 Å². The number of halogens is 1. The lowest BCUT2D eigenvalue weighted by atomic mass is 10.2. The molecule has 21 heavy (non-hydrogen) atoms. The second-order valence-corrected chi connectivity index (χ2v) is 5.82. The van der Waals surface area contributed by atoms with Crippen LogP contribution in [0.4, 0.5) is 5.95 Å². The maximum Gasteiger partial charge on any atom is 0.339 e. The Balaban J connectivity index is 2.59. The van der Waals surface area contributed by atoms with Crippen molar-refractivity contribution < 1.29 is 23.1 Å². The number of carboxylic acid groups (broad SMARTS) is 1. The number of aromatic nitrogens is 3. The number of hydrogen-bond acceptors (Lipinski definition) is 6. The third kappa shape index (κ3) is 3.06. The van der Waals surface area contributed by atoms with Gasteiger partial charge in [-0.1, -0.05) is 11.6 Å². The summed E-state index contributed by atoms with van der Waals surface area (Å²) in [5, 5.41) is 14.8. The van der Waals surface area contributed by atoms with E-state index in [0.717, 1.165) is 25.6 Å². The fourth-order valence-corrected chi connectivity index (χ4v) is 3.04.